The number of ether oxygens (including phenoxy) is 2. The molecule has 0 aliphatic rings. The second-order valence-corrected chi connectivity index (χ2v) is 2.73. The van der Waals surface area contributed by atoms with Crippen LogP contribution in [0.4, 0.5) is 0 Å². The number of esters is 1. The average Bonchev–Trinajstić information content (AvgIpc) is 2.10. The van der Waals surface area contributed by atoms with Crippen molar-refractivity contribution in [1.82, 2.24) is 0 Å². The Bertz CT molecular complexity index is 185. The molecule has 0 aliphatic heterocycles. The van der Waals surface area contributed by atoms with Gasteiger partial charge in [0.05, 0.1) is 19.8 Å². The first-order chi connectivity index (χ1) is 6.16. The molecule has 0 saturated carbocycles. The fourth-order valence-electron chi connectivity index (χ4n) is 0.639. The standard InChI is InChI=1S/C10H16O3/c1-4-10(11)13-7-5-6-12-8-9(2)3/h4H,1-2,5-8H2,3H3. The molecule has 0 N–H and O–H groups in total. The Kier molecular flexibility index (Phi) is 6.92. The molecule has 0 unspecified atom stereocenters. The zero-order chi connectivity index (χ0) is 10.1. The average molecular weight is 184 g/mol. The van der Waals surface area contributed by atoms with E-state index in [1.165, 1.54) is 0 Å². The van der Waals surface area contributed by atoms with Gasteiger partial charge in [0.15, 0.2) is 0 Å². The van der Waals surface area contributed by atoms with Gasteiger partial charge in [0.25, 0.3) is 0 Å². The lowest BCUT2D eigenvalue weighted by Gasteiger charge is -2.03. The highest BCUT2D eigenvalue weighted by Gasteiger charge is 1.94. The number of carbonyl (C=O) groups is 1. The normalized spacial score (nSPS) is 9.31. The molecule has 74 valence electrons. The Morgan fingerprint density at radius 1 is 1.46 bits per heavy atom. The van der Waals surface area contributed by atoms with Gasteiger partial charge < -0.3 is 9.47 Å². The van der Waals surface area contributed by atoms with Crippen LogP contribution in [-0.4, -0.2) is 25.8 Å². The van der Waals surface area contributed by atoms with E-state index in [0.29, 0.717) is 26.2 Å². The quantitative estimate of drug-likeness (QED) is 0.261. The van der Waals surface area contributed by atoms with Crippen LogP contribution in [0.5, 0.6) is 0 Å². The summed E-state index contributed by atoms with van der Waals surface area (Å²) in [6.45, 7) is 10.4. The largest absolute Gasteiger partial charge is 0.462 e. The summed E-state index contributed by atoms with van der Waals surface area (Å²) in [5, 5.41) is 0. The number of hydrogen-bond acceptors (Lipinski definition) is 3. The SMILES string of the molecule is C=CC(=O)OCCCOCC(=C)C. The molecule has 0 aliphatic carbocycles. The van der Waals surface area contributed by atoms with Crippen molar-refractivity contribution in [2.24, 2.45) is 0 Å². The molecule has 0 spiro atoms. The van der Waals surface area contributed by atoms with E-state index in [4.69, 9.17) is 9.47 Å². The van der Waals surface area contributed by atoms with Crippen molar-refractivity contribution in [2.75, 3.05) is 19.8 Å². The van der Waals surface area contributed by atoms with Gasteiger partial charge in [0.2, 0.25) is 0 Å². The maximum Gasteiger partial charge on any atom is 0.330 e. The molecule has 0 saturated heterocycles. The Labute approximate surface area is 79.0 Å². The van der Waals surface area contributed by atoms with E-state index in [-0.39, 0.29) is 5.97 Å². The maximum absolute atomic E-state index is 10.6. The molecule has 0 heterocycles. The Morgan fingerprint density at radius 3 is 2.69 bits per heavy atom. The van der Waals surface area contributed by atoms with E-state index < -0.39 is 0 Å². The van der Waals surface area contributed by atoms with Crippen LogP contribution in [0, 0.1) is 0 Å². The Morgan fingerprint density at radius 2 is 2.15 bits per heavy atom. The van der Waals surface area contributed by atoms with Crippen molar-refractivity contribution in [3.05, 3.63) is 24.8 Å². The maximum atomic E-state index is 10.6. The monoisotopic (exact) mass is 184 g/mol. The van der Waals surface area contributed by atoms with E-state index in [2.05, 4.69) is 13.2 Å². The summed E-state index contributed by atoms with van der Waals surface area (Å²) in [7, 11) is 0. The lowest BCUT2D eigenvalue weighted by atomic mass is 10.4. The fraction of sp³-hybridized carbons (Fsp3) is 0.500. The van der Waals surface area contributed by atoms with E-state index in [1.54, 1.807) is 0 Å². The molecule has 3 heteroatoms. The van der Waals surface area contributed by atoms with Gasteiger partial charge >= 0.3 is 5.97 Å². The Hall–Kier alpha value is -1.09. The molecule has 0 bridgehead atoms. The lowest BCUT2D eigenvalue weighted by molar-refractivity contribution is -0.138. The summed E-state index contributed by atoms with van der Waals surface area (Å²) in [6, 6.07) is 0. The summed E-state index contributed by atoms with van der Waals surface area (Å²) in [5.74, 6) is -0.389. The molecule has 0 aromatic rings. The topological polar surface area (TPSA) is 35.5 Å². The first-order valence-corrected chi connectivity index (χ1v) is 4.18. The van der Waals surface area contributed by atoms with Crippen LogP contribution in [0.2, 0.25) is 0 Å². The van der Waals surface area contributed by atoms with Gasteiger partial charge in [-0.3, -0.25) is 0 Å². The minimum atomic E-state index is -0.389. The summed E-state index contributed by atoms with van der Waals surface area (Å²) in [5.41, 5.74) is 0.989. The van der Waals surface area contributed by atoms with E-state index >= 15 is 0 Å². The number of carbonyl (C=O) groups excluding carboxylic acids is 1. The van der Waals surface area contributed by atoms with Crippen molar-refractivity contribution >= 4 is 5.97 Å². The molecule has 0 aromatic carbocycles. The van der Waals surface area contributed by atoms with E-state index in [1.807, 2.05) is 6.92 Å². The van der Waals surface area contributed by atoms with E-state index in [0.717, 1.165) is 11.6 Å². The van der Waals surface area contributed by atoms with Crippen molar-refractivity contribution in [1.29, 1.82) is 0 Å². The van der Waals surface area contributed by atoms with Crippen LogP contribution in [-0.2, 0) is 14.3 Å². The fourth-order valence-corrected chi connectivity index (χ4v) is 0.639. The van der Waals surface area contributed by atoms with Crippen molar-refractivity contribution in [2.45, 2.75) is 13.3 Å². The number of hydrogen-bond donors (Lipinski definition) is 0. The van der Waals surface area contributed by atoms with Crippen molar-refractivity contribution < 1.29 is 14.3 Å². The summed E-state index contributed by atoms with van der Waals surface area (Å²) < 4.78 is 9.93. The molecule has 0 atom stereocenters. The highest BCUT2D eigenvalue weighted by molar-refractivity contribution is 5.81. The third-order valence-corrected chi connectivity index (χ3v) is 1.19. The molecular weight excluding hydrogens is 168 g/mol. The lowest BCUT2D eigenvalue weighted by Crippen LogP contribution is -2.05. The van der Waals surface area contributed by atoms with Crippen LogP contribution in [0.1, 0.15) is 13.3 Å². The highest BCUT2D eigenvalue weighted by Crippen LogP contribution is 1.91. The zero-order valence-electron chi connectivity index (χ0n) is 8.04. The van der Waals surface area contributed by atoms with Gasteiger partial charge in [-0.25, -0.2) is 4.79 Å². The smallest absolute Gasteiger partial charge is 0.330 e. The van der Waals surface area contributed by atoms with E-state index in [9.17, 15) is 4.79 Å². The Balaban J connectivity index is 3.12. The van der Waals surface area contributed by atoms with Gasteiger partial charge in [-0.15, -0.1) is 0 Å². The first kappa shape index (κ1) is 11.9. The first-order valence-electron chi connectivity index (χ1n) is 4.18. The van der Waals surface area contributed by atoms with Crippen LogP contribution in [0.15, 0.2) is 24.8 Å². The molecule has 3 nitrogen and oxygen atoms in total. The molecule has 0 radical (unpaired) electrons. The molecule has 13 heavy (non-hydrogen) atoms. The molecule has 0 aromatic heterocycles. The predicted octanol–water partition coefficient (Wildman–Crippen LogP) is 1.70. The molecular formula is C10H16O3. The van der Waals surface area contributed by atoms with Gasteiger partial charge in [-0.05, 0) is 6.92 Å². The van der Waals surface area contributed by atoms with Crippen LogP contribution in [0.25, 0.3) is 0 Å². The zero-order valence-corrected chi connectivity index (χ0v) is 8.04. The second-order valence-electron chi connectivity index (χ2n) is 2.73. The summed E-state index contributed by atoms with van der Waals surface area (Å²) in [4.78, 5) is 10.6. The molecule has 0 fully saturated rings. The minimum Gasteiger partial charge on any atom is -0.462 e. The van der Waals surface area contributed by atoms with Crippen molar-refractivity contribution in [3.63, 3.8) is 0 Å². The third-order valence-electron chi connectivity index (χ3n) is 1.19. The van der Waals surface area contributed by atoms with Crippen LogP contribution < -0.4 is 0 Å². The number of rotatable bonds is 7. The van der Waals surface area contributed by atoms with Gasteiger partial charge in [-0.2, -0.15) is 0 Å². The highest BCUT2D eigenvalue weighted by atomic mass is 16.5. The van der Waals surface area contributed by atoms with Gasteiger partial charge in [-0.1, -0.05) is 18.7 Å². The van der Waals surface area contributed by atoms with Gasteiger partial charge in [0, 0.05) is 12.5 Å². The molecule has 0 amide bonds. The second kappa shape index (κ2) is 7.55. The van der Waals surface area contributed by atoms with Crippen LogP contribution in [0.3, 0.4) is 0 Å². The third kappa shape index (κ3) is 8.82. The summed E-state index contributed by atoms with van der Waals surface area (Å²) in [6.07, 6.45) is 1.85. The molecule has 0 rings (SSSR count). The van der Waals surface area contributed by atoms with Gasteiger partial charge in [0.1, 0.15) is 0 Å². The minimum absolute atomic E-state index is 0.376. The van der Waals surface area contributed by atoms with Crippen molar-refractivity contribution in [3.8, 4) is 0 Å². The van der Waals surface area contributed by atoms with Crippen LogP contribution >= 0.6 is 0 Å². The summed E-state index contributed by atoms with van der Waals surface area (Å²) >= 11 is 0. The predicted molar refractivity (Wildman–Crippen MR) is 51.4 cm³/mol.